The molecular formula is C14H21N3. The molecule has 1 aromatic heterocycles. The molecule has 0 aromatic carbocycles. The van der Waals surface area contributed by atoms with Crippen molar-refractivity contribution in [1.29, 1.82) is 0 Å². The molecule has 3 nitrogen and oxygen atoms in total. The molecule has 0 saturated heterocycles. The minimum absolute atomic E-state index is 0.771. The molecule has 0 amide bonds. The van der Waals surface area contributed by atoms with E-state index in [0.717, 1.165) is 24.2 Å². The first-order valence-corrected chi connectivity index (χ1v) is 6.74. The standard InChI is InChI=1S/C14H21N3/c1-15-9-12-3-2-4-14(16-12)17(13-7-8-13)10-11-5-6-11/h2-4,11,13,15H,5-10H2,1H3. The van der Waals surface area contributed by atoms with Gasteiger partial charge in [0.25, 0.3) is 0 Å². The molecule has 0 radical (unpaired) electrons. The van der Waals surface area contributed by atoms with Gasteiger partial charge in [0.15, 0.2) is 0 Å². The summed E-state index contributed by atoms with van der Waals surface area (Å²) in [7, 11) is 1.97. The van der Waals surface area contributed by atoms with Gasteiger partial charge in [-0.05, 0) is 50.8 Å². The second-order valence-electron chi connectivity index (χ2n) is 5.34. The Labute approximate surface area is 103 Å². The van der Waals surface area contributed by atoms with Crippen molar-refractivity contribution in [3.8, 4) is 0 Å². The smallest absolute Gasteiger partial charge is 0.129 e. The summed E-state index contributed by atoms with van der Waals surface area (Å²) in [6, 6.07) is 7.17. The van der Waals surface area contributed by atoms with Crippen LogP contribution in [0.25, 0.3) is 0 Å². The number of anilines is 1. The minimum atomic E-state index is 0.771. The molecule has 2 saturated carbocycles. The van der Waals surface area contributed by atoms with E-state index >= 15 is 0 Å². The molecule has 2 fully saturated rings. The predicted molar refractivity (Wildman–Crippen MR) is 70.1 cm³/mol. The third-order valence-electron chi connectivity index (χ3n) is 3.58. The molecule has 0 atom stereocenters. The Morgan fingerprint density at radius 1 is 1.29 bits per heavy atom. The number of hydrogen-bond acceptors (Lipinski definition) is 3. The zero-order chi connectivity index (χ0) is 11.7. The van der Waals surface area contributed by atoms with Gasteiger partial charge in [-0.1, -0.05) is 6.07 Å². The summed E-state index contributed by atoms with van der Waals surface area (Å²) in [6.45, 7) is 2.08. The van der Waals surface area contributed by atoms with Gasteiger partial charge in [-0.2, -0.15) is 0 Å². The van der Waals surface area contributed by atoms with E-state index in [-0.39, 0.29) is 0 Å². The lowest BCUT2D eigenvalue weighted by Crippen LogP contribution is -2.29. The number of nitrogens with one attached hydrogen (secondary N) is 1. The van der Waals surface area contributed by atoms with Crippen molar-refractivity contribution in [3.05, 3.63) is 23.9 Å². The van der Waals surface area contributed by atoms with Crippen molar-refractivity contribution in [1.82, 2.24) is 10.3 Å². The highest BCUT2D eigenvalue weighted by atomic mass is 15.2. The van der Waals surface area contributed by atoms with E-state index in [2.05, 4.69) is 28.4 Å². The molecule has 1 heterocycles. The first-order chi connectivity index (χ1) is 8.36. The van der Waals surface area contributed by atoms with Crippen LogP contribution in [0.3, 0.4) is 0 Å². The van der Waals surface area contributed by atoms with Crippen molar-refractivity contribution in [3.63, 3.8) is 0 Å². The monoisotopic (exact) mass is 231 g/mol. The molecule has 3 heteroatoms. The van der Waals surface area contributed by atoms with Crippen LogP contribution < -0.4 is 10.2 Å². The second kappa shape index (κ2) is 4.65. The molecular weight excluding hydrogens is 210 g/mol. The van der Waals surface area contributed by atoms with E-state index in [1.54, 1.807) is 0 Å². The first kappa shape index (κ1) is 11.0. The molecule has 17 heavy (non-hydrogen) atoms. The van der Waals surface area contributed by atoms with Crippen LogP contribution in [-0.4, -0.2) is 24.6 Å². The lowest BCUT2D eigenvalue weighted by atomic mass is 10.3. The molecule has 1 N–H and O–H groups in total. The highest BCUT2D eigenvalue weighted by Gasteiger charge is 2.34. The van der Waals surface area contributed by atoms with Crippen LogP contribution in [0.5, 0.6) is 0 Å². The largest absolute Gasteiger partial charge is 0.353 e. The highest BCUT2D eigenvalue weighted by Crippen LogP contribution is 2.36. The lowest BCUT2D eigenvalue weighted by molar-refractivity contribution is 0.702. The molecule has 0 spiro atoms. The Hall–Kier alpha value is -1.09. The summed E-state index contributed by atoms with van der Waals surface area (Å²) >= 11 is 0. The van der Waals surface area contributed by atoms with E-state index < -0.39 is 0 Å². The Bertz CT molecular complexity index is 383. The van der Waals surface area contributed by atoms with Gasteiger partial charge in [-0.25, -0.2) is 4.98 Å². The summed E-state index contributed by atoms with van der Waals surface area (Å²) in [5, 5.41) is 3.17. The number of rotatable bonds is 6. The molecule has 1 aromatic rings. The predicted octanol–water partition coefficient (Wildman–Crippen LogP) is 2.18. The maximum absolute atomic E-state index is 4.77. The number of hydrogen-bond donors (Lipinski definition) is 1. The van der Waals surface area contributed by atoms with Crippen LogP contribution in [0, 0.1) is 5.92 Å². The number of nitrogens with zero attached hydrogens (tertiary/aromatic N) is 2. The average molecular weight is 231 g/mol. The maximum Gasteiger partial charge on any atom is 0.129 e. The third kappa shape index (κ3) is 2.78. The molecule has 92 valence electrons. The Morgan fingerprint density at radius 2 is 2.12 bits per heavy atom. The van der Waals surface area contributed by atoms with Crippen LogP contribution in [0.4, 0.5) is 5.82 Å². The van der Waals surface area contributed by atoms with E-state index in [1.165, 1.54) is 38.0 Å². The van der Waals surface area contributed by atoms with Crippen molar-refractivity contribution in [2.45, 2.75) is 38.3 Å². The van der Waals surface area contributed by atoms with Crippen LogP contribution >= 0.6 is 0 Å². The van der Waals surface area contributed by atoms with Gasteiger partial charge in [0.2, 0.25) is 0 Å². The van der Waals surface area contributed by atoms with Gasteiger partial charge in [-0.15, -0.1) is 0 Å². The highest BCUT2D eigenvalue weighted by molar-refractivity contribution is 5.42. The Morgan fingerprint density at radius 3 is 2.76 bits per heavy atom. The summed E-state index contributed by atoms with van der Waals surface area (Å²) in [6.07, 6.45) is 5.54. The van der Waals surface area contributed by atoms with Gasteiger partial charge < -0.3 is 10.2 Å². The van der Waals surface area contributed by atoms with E-state index in [0.29, 0.717) is 0 Å². The molecule has 3 rings (SSSR count). The quantitative estimate of drug-likeness (QED) is 0.813. The fraction of sp³-hybridized carbons (Fsp3) is 0.643. The Kier molecular flexibility index (Phi) is 3.02. The fourth-order valence-corrected chi connectivity index (χ4v) is 2.30. The summed E-state index contributed by atoms with van der Waals surface area (Å²) < 4.78 is 0. The van der Waals surface area contributed by atoms with Gasteiger partial charge in [0.1, 0.15) is 5.82 Å². The molecule has 2 aliphatic carbocycles. The topological polar surface area (TPSA) is 28.2 Å². The van der Waals surface area contributed by atoms with Crippen LogP contribution in [0.1, 0.15) is 31.4 Å². The van der Waals surface area contributed by atoms with Crippen molar-refractivity contribution < 1.29 is 0 Å². The zero-order valence-electron chi connectivity index (χ0n) is 10.5. The molecule has 0 bridgehead atoms. The van der Waals surface area contributed by atoms with E-state index in [1.807, 2.05) is 7.05 Å². The second-order valence-corrected chi connectivity index (χ2v) is 5.34. The fourth-order valence-electron chi connectivity index (χ4n) is 2.30. The first-order valence-electron chi connectivity index (χ1n) is 6.74. The maximum atomic E-state index is 4.77. The van der Waals surface area contributed by atoms with Crippen LogP contribution in [-0.2, 0) is 6.54 Å². The van der Waals surface area contributed by atoms with Gasteiger partial charge >= 0.3 is 0 Å². The number of aromatic nitrogens is 1. The average Bonchev–Trinajstić information content (AvgIpc) is 3.20. The van der Waals surface area contributed by atoms with Gasteiger partial charge in [-0.3, -0.25) is 0 Å². The third-order valence-corrected chi connectivity index (χ3v) is 3.58. The van der Waals surface area contributed by atoms with E-state index in [4.69, 9.17) is 4.98 Å². The molecule has 0 aliphatic heterocycles. The number of pyridine rings is 1. The summed E-state index contributed by atoms with van der Waals surface area (Å²) in [5.41, 5.74) is 1.14. The van der Waals surface area contributed by atoms with Crippen LogP contribution in [0.15, 0.2) is 18.2 Å². The van der Waals surface area contributed by atoms with E-state index in [9.17, 15) is 0 Å². The minimum Gasteiger partial charge on any atom is -0.353 e. The van der Waals surface area contributed by atoms with Crippen molar-refractivity contribution in [2.75, 3.05) is 18.5 Å². The lowest BCUT2D eigenvalue weighted by Gasteiger charge is -2.23. The van der Waals surface area contributed by atoms with Gasteiger partial charge in [0, 0.05) is 19.1 Å². The molecule has 2 aliphatic rings. The molecule has 0 unspecified atom stereocenters. The Balaban J connectivity index is 1.76. The van der Waals surface area contributed by atoms with Crippen LogP contribution in [0.2, 0.25) is 0 Å². The van der Waals surface area contributed by atoms with Crippen molar-refractivity contribution in [2.24, 2.45) is 5.92 Å². The van der Waals surface area contributed by atoms with Crippen molar-refractivity contribution >= 4 is 5.82 Å². The zero-order valence-corrected chi connectivity index (χ0v) is 10.5. The summed E-state index contributed by atoms with van der Waals surface area (Å²) in [4.78, 5) is 7.31. The normalized spacial score (nSPS) is 19.4. The van der Waals surface area contributed by atoms with Gasteiger partial charge in [0.05, 0.1) is 5.69 Å². The SMILES string of the molecule is CNCc1cccc(N(CC2CC2)C2CC2)n1. The summed E-state index contributed by atoms with van der Waals surface area (Å²) in [5.74, 6) is 2.12.